The molecule has 2 aromatic rings. The van der Waals surface area contributed by atoms with Gasteiger partial charge in [-0.25, -0.2) is 9.78 Å². The van der Waals surface area contributed by atoms with E-state index in [0.29, 0.717) is 0 Å². The molecule has 1 aliphatic rings. The van der Waals surface area contributed by atoms with Crippen molar-refractivity contribution in [1.29, 1.82) is 0 Å². The molecule has 2 heterocycles. The second-order valence-corrected chi connectivity index (χ2v) is 4.36. The fourth-order valence-corrected chi connectivity index (χ4v) is 2.61. The van der Waals surface area contributed by atoms with E-state index in [-0.39, 0.29) is 5.69 Å². The van der Waals surface area contributed by atoms with Crippen molar-refractivity contribution in [3.05, 3.63) is 41.0 Å². The number of hydrogen-bond donors (Lipinski definition) is 0. The standard InChI is InChI=1S/C11H8N2OS/c14-11-12-7-8-3-1-4-9-10(8)13(11)5-2-6-15-9/h1-5,7H,6H2. The van der Waals surface area contributed by atoms with Crippen LogP contribution in [0.5, 0.6) is 0 Å². The van der Waals surface area contributed by atoms with Crippen molar-refractivity contribution in [3.63, 3.8) is 0 Å². The van der Waals surface area contributed by atoms with E-state index < -0.39 is 0 Å². The summed E-state index contributed by atoms with van der Waals surface area (Å²) in [4.78, 5) is 16.6. The van der Waals surface area contributed by atoms with Gasteiger partial charge in [0.1, 0.15) is 0 Å². The molecule has 0 saturated carbocycles. The van der Waals surface area contributed by atoms with Crippen LogP contribution in [0.15, 0.2) is 40.2 Å². The van der Waals surface area contributed by atoms with E-state index in [1.54, 1.807) is 28.7 Å². The summed E-state index contributed by atoms with van der Waals surface area (Å²) in [6.07, 6.45) is 5.42. The van der Waals surface area contributed by atoms with Gasteiger partial charge in [0.25, 0.3) is 0 Å². The van der Waals surface area contributed by atoms with E-state index >= 15 is 0 Å². The highest BCUT2D eigenvalue weighted by molar-refractivity contribution is 7.99. The molecule has 0 radical (unpaired) electrons. The van der Waals surface area contributed by atoms with Crippen molar-refractivity contribution in [2.24, 2.45) is 0 Å². The molecule has 1 aromatic heterocycles. The van der Waals surface area contributed by atoms with Crippen molar-refractivity contribution >= 4 is 28.9 Å². The summed E-state index contributed by atoms with van der Waals surface area (Å²) in [7, 11) is 0. The van der Waals surface area contributed by atoms with Gasteiger partial charge in [0, 0.05) is 28.4 Å². The van der Waals surface area contributed by atoms with Crippen molar-refractivity contribution < 1.29 is 0 Å². The summed E-state index contributed by atoms with van der Waals surface area (Å²) in [6, 6.07) is 6.00. The van der Waals surface area contributed by atoms with Crippen molar-refractivity contribution in [3.8, 4) is 0 Å². The quantitative estimate of drug-likeness (QED) is 0.675. The molecule has 3 rings (SSSR count). The Balaban J connectivity index is 2.57. The average Bonchev–Trinajstić information content (AvgIpc) is 2.48. The minimum absolute atomic E-state index is 0.214. The van der Waals surface area contributed by atoms with Crippen LogP contribution in [0.2, 0.25) is 0 Å². The second kappa shape index (κ2) is 3.24. The lowest BCUT2D eigenvalue weighted by Gasteiger charge is -2.06. The maximum absolute atomic E-state index is 11.6. The van der Waals surface area contributed by atoms with Crippen LogP contribution in [0.3, 0.4) is 0 Å². The molecule has 1 aromatic carbocycles. The summed E-state index contributed by atoms with van der Waals surface area (Å²) in [5.74, 6) is 0.889. The molecule has 0 unspecified atom stereocenters. The maximum Gasteiger partial charge on any atom is 0.352 e. The summed E-state index contributed by atoms with van der Waals surface area (Å²) < 4.78 is 1.62. The zero-order valence-corrected chi connectivity index (χ0v) is 8.70. The highest BCUT2D eigenvalue weighted by Gasteiger charge is 2.09. The Morgan fingerprint density at radius 3 is 3.27 bits per heavy atom. The summed E-state index contributed by atoms with van der Waals surface area (Å²) in [5, 5.41) is 1.01. The second-order valence-electron chi connectivity index (χ2n) is 3.30. The first kappa shape index (κ1) is 8.73. The predicted octanol–water partition coefficient (Wildman–Crippen LogP) is 1.97. The summed E-state index contributed by atoms with van der Waals surface area (Å²) >= 11 is 1.74. The van der Waals surface area contributed by atoms with Crippen LogP contribution in [-0.4, -0.2) is 15.3 Å². The summed E-state index contributed by atoms with van der Waals surface area (Å²) in [6.45, 7) is 0. The molecule has 0 bridgehead atoms. The molecule has 15 heavy (non-hydrogen) atoms. The topological polar surface area (TPSA) is 34.9 Å². The van der Waals surface area contributed by atoms with Crippen LogP contribution in [0.25, 0.3) is 17.1 Å². The van der Waals surface area contributed by atoms with Gasteiger partial charge in [-0.3, -0.25) is 4.57 Å². The van der Waals surface area contributed by atoms with E-state index in [1.165, 1.54) is 0 Å². The number of benzene rings is 1. The van der Waals surface area contributed by atoms with Gasteiger partial charge in [-0.05, 0) is 6.07 Å². The fourth-order valence-electron chi connectivity index (χ4n) is 1.72. The largest absolute Gasteiger partial charge is 0.352 e. The van der Waals surface area contributed by atoms with Crippen LogP contribution >= 0.6 is 11.8 Å². The Bertz CT molecular complexity index is 616. The number of hydrogen-bond acceptors (Lipinski definition) is 3. The normalized spacial score (nSPS) is 14.1. The first-order valence-electron chi connectivity index (χ1n) is 4.66. The third-order valence-corrected chi connectivity index (χ3v) is 3.38. The molecule has 0 spiro atoms. The van der Waals surface area contributed by atoms with E-state index in [1.807, 2.05) is 24.3 Å². The molecular weight excluding hydrogens is 208 g/mol. The first-order chi connectivity index (χ1) is 7.36. The minimum atomic E-state index is -0.214. The average molecular weight is 216 g/mol. The van der Waals surface area contributed by atoms with Crippen LogP contribution in [0.4, 0.5) is 0 Å². The lowest BCUT2D eigenvalue weighted by Crippen LogP contribution is -2.18. The monoisotopic (exact) mass is 216 g/mol. The van der Waals surface area contributed by atoms with Crippen molar-refractivity contribution in [1.82, 2.24) is 9.55 Å². The van der Waals surface area contributed by atoms with Crippen LogP contribution in [-0.2, 0) is 0 Å². The number of nitrogens with zero attached hydrogens (tertiary/aromatic N) is 2. The Morgan fingerprint density at radius 1 is 1.40 bits per heavy atom. The van der Waals surface area contributed by atoms with Gasteiger partial charge in [-0.1, -0.05) is 18.2 Å². The molecule has 0 atom stereocenters. The smallest absolute Gasteiger partial charge is 0.266 e. The third kappa shape index (κ3) is 1.29. The molecule has 0 fully saturated rings. The van der Waals surface area contributed by atoms with Gasteiger partial charge in [0.05, 0.1) is 5.52 Å². The predicted molar refractivity (Wildman–Crippen MR) is 62.1 cm³/mol. The molecule has 4 heteroatoms. The van der Waals surface area contributed by atoms with Gasteiger partial charge < -0.3 is 0 Å². The molecular formula is C11H8N2OS. The van der Waals surface area contributed by atoms with E-state index in [0.717, 1.165) is 21.6 Å². The van der Waals surface area contributed by atoms with Gasteiger partial charge in [-0.2, -0.15) is 0 Å². The zero-order chi connectivity index (χ0) is 10.3. The summed E-state index contributed by atoms with van der Waals surface area (Å²) in [5.41, 5.74) is 0.755. The Hall–Kier alpha value is -1.55. The van der Waals surface area contributed by atoms with E-state index in [2.05, 4.69) is 4.98 Å². The van der Waals surface area contributed by atoms with Gasteiger partial charge >= 0.3 is 5.69 Å². The van der Waals surface area contributed by atoms with Crippen molar-refractivity contribution in [2.75, 3.05) is 5.75 Å². The van der Waals surface area contributed by atoms with Gasteiger partial charge in [-0.15, -0.1) is 11.8 Å². The van der Waals surface area contributed by atoms with Crippen LogP contribution < -0.4 is 5.69 Å². The molecule has 0 amide bonds. The molecule has 3 nitrogen and oxygen atoms in total. The lowest BCUT2D eigenvalue weighted by atomic mass is 10.2. The lowest BCUT2D eigenvalue weighted by molar-refractivity contribution is 0.999. The van der Waals surface area contributed by atoms with E-state index in [4.69, 9.17) is 0 Å². The number of thioether (sulfide) groups is 1. The highest BCUT2D eigenvalue weighted by atomic mass is 32.2. The SMILES string of the molecule is O=c1ncc2cccc3c2n1C=CCS3. The van der Waals surface area contributed by atoms with Gasteiger partial charge in [0.2, 0.25) is 0 Å². The van der Waals surface area contributed by atoms with Crippen molar-refractivity contribution in [2.45, 2.75) is 4.90 Å². The molecule has 74 valence electrons. The Kier molecular flexibility index (Phi) is 1.89. The number of para-hydroxylation sites is 1. The van der Waals surface area contributed by atoms with Gasteiger partial charge in [0.15, 0.2) is 0 Å². The fraction of sp³-hybridized carbons (Fsp3) is 0.0909. The Morgan fingerprint density at radius 2 is 2.33 bits per heavy atom. The first-order valence-corrected chi connectivity index (χ1v) is 5.64. The molecule has 0 N–H and O–H groups in total. The van der Waals surface area contributed by atoms with E-state index in [9.17, 15) is 4.79 Å². The number of aromatic nitrogens is 2. The Labute approximate surface area is 90.4 Å². The highest BCUT2D eigenvalue weighted by Crippen LogP contribution is 2.28. The van der Waals surface area contributed by atoms with Crippen LogP contribution in [0, 0.1) is 0 Å². The molecule has 1 aliphatic heterocycles. The minimum Gasteiger partial charge on any atom is -0.266 e. The van der Waals surface area contributed by atoms with Crippen LogP contribution in [0.1, 0.15) is 0 Å². The molecule has 0 aliphatic carbocycles. The maximum atomic E-state index is 11.6. The number of rotatable bonds is 0. The third-order valence-electron chi connectivity index (χ3n) is 2.38. The zero-order valence-electron chi connectivity index (χ0n) is 7.88. The molecule has 0 saturated heterocycles.